The van der Waals surface area contributed by atoms with Crippen molar-refractivity contribution < 1.29 is 9.66 Å². The fourth-order valence-corrected chi connectivity index (χ4v) is 2.82. The first-order chi connectivity index (χ1) is 10.1. The van der Waals surface area contributed by atoms with Gasteiger partial charge in [0.25, 0.3) is 0 Å². The summed E-state index contributed by atoms with van der Waals surface area (Å²) in [7, 11) is 1.44. The number of nitrogens with one attached hydrogen (secondary N) is 2. The minimum Gasteiger partial charge on any atom is -0.490 e. The van der Waals surface area contributed by atoms with Crippen LogP contribution in [0.4, 0.5) is 11.4 Å². The number of nitro benzene ring substituents is 1. The summed E-state index contributed by atoms with van der Waals surface area (Å²) >= 11 is 0. The Kier molecular flexibility index (Phi) is 5.38. The summed E-state index contributed by atoms with van der Waals surface area (Å²) in [5.74, 6) is 0.284. The molecule has 1 aromatic rings. The zero-order valence-corrected chi connectivity index (χ0v) is 12.6. The van der Waals surface area contributed by atoms with Gasteiger partial charge in [-0.2, -0.15) is 0 Å². The Morgan fingerprint density at radius 2 is 2.33 bits per heavy atom. The molecule has 2 atom stereocenters. The zero-order chi connectivity index (χ0) is 15.2. The summed E-state index contributed by atoms with van der Waals surface area (Å²) in [4.78, 5) is 10.6. The van der Waals surface area contributed by atoms with Crippen molar-refractivity contribution in [2.24, 2.45) is 0 Å². The van der Waals surface area contributed by atoms with E-state index in [4.69, 9.17) is 4.74 Å². The predicted octanol–water partition coefficient (Wildman–Crippen LogP) is 2.94. The molecule has 0 spiro atoms. The second kappa shape index (κ2) is 7.26. The van der Waals surface area contributed by atoms with E-state index in [2.05, 4.69) is 17.6 Å². The highest BCUT2D eigenvalue weighted by Gasteiger charge is 2.18. The Balaban J connectivity index is 1.98. The first-order valence-corrected chi connectivity index (χ1v) is 7.42. The third-order valence-electron chi connectivity index (χ3n) is 3.84. The molecule has 6 nitrogen and oxygen atoms in total. The molecule has 1 fully saturated rings. The lowest BCUT2D eigenvalue weighted by Crippen LogP contribution is -2.37. The van der Waals surface area contributed by atoms with Crippen LogP contribution in [0.5, 0.6) is 5.75 Å². The zero-order valence-electron chi connectivity index (χ0n) is 12.6. The van der Waals surface area contributed by atoms with Gasteiger partial charge in [0.2, 0.25) is 0 Å². The SMILES string of the molecule is COc1ccc(NC(C)CC2CCCCN2)cc1[N+](=O)[O-]. The van der Waals surface area contributed by atoms with Gasteiger partial charge in [0, 0.05) is 23.8 Å². The third kappa shape index (κ3) is 4.32. The van der Waals surface area contributed by atoms with Gasteiger partial charge >= 0.3 is 5.69 Å². The van der Waals surface area contributed by atoms with Crippen LogP contribution in [-0.2, 0) is 0 Å². The number of hydrogen-bond donors (Lipinski definition) is 2. The van der Waals surface area contributed by atoms with Crippen LogP contribution < -0.4 is 15.4 Å². The lowest BCUT2D eigenvalue weighted by molar-refractivity contribution is -0.385. The maximum atomic E-state index is 11.0. The van der Waals surface area contributed by atoms with Gasteiger partial charge in [0.1, 0.15) is 0 Å². The molecule has 116 valence electrons. The topological polar surface area (TPSA) is 76.4 Å². The Bertz CT molecular complexity index is 487. The van der Waals surface area contributed by atoms with Gasteiger partial charge in [-0.3, -0.25) is 10.1 Å². The summed E-state index contributed by atoms with van der Waals surface area (Å²) in [5.41, 5.74) is 0.747. The van der Waals surface area contributed by atoms with Crippen molar-refractivity contribution in [3.8, 4) is 5.75 Å². The molecule has 2 rings (SSSR count). The number of nitro groups is 1. The molecule has 2 unspecified atom stereocenters. The summed E-state index contributed by atoms with van der Waals surface area (Å²) in [5, 5.41) is 17.9. The number of rotatable bonds is 6. The van der Waals surface area contributed by atoms with Crippen LogP contribution in [0.15, 0.2) is 18.2 Å². The predicted molar refractivity (Wildman–Crippen MR) is 83.0 cm³/mol. The molecule has 2 N–H and O–H groups in total. The number of piperidine rings is 1. The van der Waals surface area contributed by atoms with E-state index in [1.807, 2.05) is 6.07 Å². The summed E-state index contributed by atoms with van der Waals surface area (Å²) in [6, 6.07) is 5.77. The van der Waals surface area contributed by atoms with E-state index in [-0.39, 0.29) is 17.5 Å². The lowest BCUT2D eigenvalue weighted by Gasteiger charge is -2.27. The highest BCUT2D eigenvalue weighted by molar-refractivity contribution is 5.58. The standard InChI is InChI=1S/C15H23N3O3/c1-11(9-12-5-3-4-8-16-12)17-13-6-7-15(21-2)14(10-13)18(19)20/h6-7,10-12,16-17H,3-5,8-9H2,1-2H3. The van der Waals surface area contributed by atoms with Crippen molar-refractivity contribution in [1.29, 1.82) is 0 Å². The second-order valence-corrected chi connectivity index (χ2v) is 5.57. The second-order valence-electron chi connectivity index (χ2n) is 5.57. The Hall–Kier alpha value is -1.82. The van der Waals surface area contributed by atoms with E-state index in [0.29, 0.717) is 6.04 Å². The van der Waals surface area contributed by atoms with Crippen molar-refractivity contribution >= 4 is 11.4 Å². The molecule has 0 bridgehead atoms. The van der Waals surface area contributed by atoms with Gasteiger partial charge in [-0.15, -0.1) is 0 Å². The molecule has 1 heterocycles. The summed E-state index contributed by atoms with van der Waals surface area (Å²) in [6.45, 7) is 3.19. The van der Waals surface area contributed by atoms with Gasteiger partial charge in [0.15, 0.2) is 5.75 Å². The smallest absolute Gasteiger partial charge is 0.312 e. The van der Waals surface area contributed by atoms with Crippen LogP contribution in [0.25, 0.3) is 0 Å². The van der Waals surface area contributed by atoms with E-state index in [1.165, 1.54) is 32.4 Å². The van der Waals surface area contributed by atoms with Crippen molar-refractivity contribution in [2.75, 3.05) is 19.0 Å². The van der Waals surface area contributed by atoms with Gasteiger partial charge < -0.3 is 15.4 Å². The number of hydrogen-bond acceptors (Lipinski definition) is 5. The van der Waals surface area contributed by atoms with Gasteiger partial charge in [-0.1, -0.05) is 6.42 Å². The number of nitrogens with zero attached hydrogens (tertiary/aromatic N) is 1. The highest BCUT2D eigenvalue weighted by Crippen LogP contribution is 2.30. The lowest BCUT2D eigenvalue weighted by atomic mass is 9.98. The van der Waals surface area contributed by atoms with E-state index < -0.39 is 4.92 Å². The molecule has 1 saturated heterocycles. The molecule has 6 heteroatoms. The molecule has 0 radical (unpaired) electrons. The average Bonchev–Trinajstić information content (AvgIpc) is 2.48. The molecule has 0 saturated carbocycles. The Morgan fingerprint density at radius 3 is 2.95 bits per heavy atom. The first kappa shape index (κ1) is 15.6. The molecule has 1 aromatic carbocycles. The van der Waals surface area contributed by atoms with Crippen molar-refractivity contribution in [3.63, 3.8) is 0 Å². The van der Waals surface area contributed by atoms with Gasteiger partial charge in [0.05, 0.1) is 12.0 Å². The summed E-state index contributed by atoms with van der Waals surface area (Å²) in [6.07, 6.45) is 4.75. The molecular formula is C15H23N3O3. The number of benzene rings is 1. The van der Waals surface area contributed by atoms with Crippen LogP contribution in [0.3, 0.4) is 0 Å². The maximum absolute atomic E-state index is 11.0. The van der Waals surface area contributed by atoms with Crippen molar-refractivity contribution in [1.82, 2.24) is 5.32 Å². The largest absolute Gasteiger partial charge is 0.490 e. The van der Waals surface area contributed by atoms with E-state index >= 15 is 0 Å². The van der Waals surface area contributed by atoms with Crippen LogP contribution >= 0.6 is 0 Å². The quantitative estimate of drug-likeness (QED) is 0.623. The van der Waals surface area contributed by atoms with E-state index in [9.17, 15) is 10.1 Å². The average molecular weight is 293 g/mol. The van der Waals surface area contributed by atoms with Crippen LogP contribution in [0, 0.1) is 10.1 Å². The fraction of sp³-hybridized carbons (Fsp3) is 0.600. The van der Waals surface area contributed by atoms with E-state index in [0.717, 1.165) is 18.7 Å². The first-order valence-electron chi connectivity index (χ1n) is 7.42. The number of anilines is 1. The number of methoxy groups -OCH3 is 1. The third-order valence-corrected chi connectivity index (χ3v) is 3.84. The Labute approximate surface area is 125 Å². The minimum absolute atomic E-state index is 0.00880. The monoisotopic (exact) mass is 293 g/mol. The normalized spacial score (nSPS) is 19.8. The number of ether oxygens (including phenoxy) is 1. The molecule has 1 aliphatic rings. The van der Waals surface area contributed by atoms with Crippen LogP contribution in [0.1, 0.15) is 32.6 Å². The van der Waals surface area contributed by atoms with Crippen LogP contribution in [0.2, 0.25) is 0 Å². The molecular weight excluding hydrogens is 270 g/mol. The highest BCUT2D eigenvalue weighted by atomic mass is 16.6. The molecule has 21 heavy (non-hydrogen) atoms. The van der Waals surface area contributed by atoms with Gasteiger partial charge in [-0.25, -0.2) is 0 Å². The fourth-order valence-electron chi connectivity index (χ4n) is 2.82. The molecule has 0 aromatic heterocycles. The summed E-state index contributed by atoms with van der Waals surface area (Å²) < 4.78 is 5.01. The van der Waals surface area contributed by atoms with Crippen molar-refractivity contribution in [3.05, 3.63) is 28.3 Å². The van der Waals surface area contributed by atoms with Crippen molar-refractivity contribution in [2.45, 2.75) is 44.7 Å². The van der Waals surface area contributed by atoms with Gasteiger partial charge in [-0.05, 0) is 44.9 Å². The molecule has 1 aliphatic heterocycles. The molecule has 0 amide bonds. The minimum atomic E-state index is -0.419. The van der Waals surface area contributed by atoms with E-state index in [1.54, 1.807) is 6.07 Å². The maximum Gasteiger partial charge on any atom is 0.312 e. The Morgan fingerprint density at radius 1 is 1.52 bits per heavy atom. The molecule has 0 aliphatic carbocycles. The van der Waals surface area contributed by atoms with Crippen LogP contribution in [-0.4, -0.2) is 30.7 Å².